The Morgan fingerprint density at radius 2 is 1.64 bits per heavy atom. The van der Waals surface area contributed by atoms with Crippen LogP contribution in [0, 0.1) is 0 Å². The van der Waals surface area contributed by atoms with E-state index in [-0.39, 0.29) is 12.6 Å². The first-order chi connectivity index (χ1) is 6.81. The Hall–Kier alpha value is -0.570. The normalized spacial score (nSPS) is 10.1. The molecule has 0 atom stereocenters. The van der Waals surface area contributed by atoms with Gasteiger partial charge in [-0.1, -0.05) is 45.4 Å². The van der Waals surface area contributed by atoms with Gasteiger partial charge in [0, 0.05) is 6.42 Å². The molecule has 0 radical (unpaired) electrons. The van der Waals surface area contributed by atoms with Gasteiger partial charge in [0.25, 0.3) is 0 Å². The number of hydrogen-bond acceptors (Lipinski definition) is 2. The van der Waals surface area contributed by atoms with E-state index >= 15 is 0 Å². The Morgan fingerprint density at radius 1 is 1.07 bits per heavy atom. The lowest BCUT2D eigenvalue weighted by molar-refractivity contribution is -0.121. The van der Waals surface area contributed by atoms with Gasteiger partial charge in [-0.3, -0.25) is 4.79 Å². The minimum atomic E-state index is 0.0843. The van der Waals surface area contributed by atoms with Gasteiger partial charge in [-0.15, -0.1) is 0 Å². The van der Waals surface area contributed by atoms with Crippen molar-refractivity contribution in [3.05, 3.63) is 0 Å². The summed E-state index contributed by atoms with van der Waals surface area (Å²) in [4.78, 5) is 11.0. The molecule has 0 heterocycles. The van der Waals surface area contributed by atoms with Crippen molar-refractivity contribution in [2.45, 2.75) is 58.3 Å². The van der Waals surface area contributed by atoms with Crippen molar-refractivity contribution in [1.29, 1.82) is 0 Å². The van der Waals surface area contributed by atoms with E-state index in [1.54, 1.807) is 0 Å². The molecule has 0 aliphatic heterocycles. The van der Waals surface area contributed by atoms with Crippen LogP contribution in [0.4, 0.5) is 0 Å². The summed E-state index contributed by atoms with van der Waals surface area (Å²) in [7, 11) is 0. The van der Waals surface area contributed by atoms with Gasteiger partial charge in [-0.25, -0.2) is 0 Å². The molecule has 0 saturated carbocycles. The molecule has 0 aromatic rings. The van der Waals surface area contributed by atoms with Gasteiger partial charge in [0.05, 0.1) is 6.67 Å². The zero-order valence-electron chi connectivity index (χ0n) is 9.35. The summed E-state index contributed by atoms with van der Waals surface area (Å²) in [5.41, 5.74) is 5.18. The van der Waals surface area contributed by atoms with E-state index in [0.717, 1.165) is 6.42 Å². The largest absolute Gasteiger partial charge is 0.344 e. The van der Waals surface area contributed by atoms with E-state index < -0.39 is 0 Å². The van der Waals surface area contributed by atoms with Gasteiger partial charge in [0.15, 0.2) is 0 Å². The number of hydrogen-bond donors (Lipinski definition) is 2. The topological polar surface area (TPSA) is 55.1 Å². The van der Waals surface area contributed by atoms with E-state index in [1.165, 1.54) is 38.5 Å². The van der Waals surface area contributed by atoms with Gasteiger partial charge in [0.1, 0.15) is 0 Å². The number of nitrogens with two attached hydrogens (primary N) is 1. The monoisotopic (exact) mass is 200 g/mol. The molecule has 84 valence electrons. The molecular weight excluding hydrogens is 176 g/mol. The van der Waals surface area contributed by atoms with Crippen LogP contribution < -0.4 is 11.1 Å². The summed E-state index contributed by atoms with van der Waals surface area (Å²) in [6.07, 6.45) is 9.34. The third-order valence-electron chi connectivity index (χ3n) is 2.31. The van der Waals surface area contributed by atoms with E-state index in [1.807, 2.05) is 0 Å². The SMILES string of the molecule is CCCCCCCCCC(=O)NCN. The maximum Gasteiger partial charge on any atom is 0.220 e. The Bertz CT molecular complexity index is 137. The van der Waals surface area contributed by atoms with Crippen LogP contribution in [0.15, 0.2) is 0 Å². The van der Waals surface area contributed by atoms with Crippen molar-refractivity contribution in [1.82, 2.24) is 5.32 Å². The molecule has 0 aliphatic carbocycles. The van der Waals surface area contributed by atoms with Crippen LogP contribution in [0.25, 0.3) is 0 Å². The van der Waals surface area contributed by atoms with Crippen molar-refractivity contribution in [2.24, 2.45) is 5.73 Å². The van der Waals surface area contributed by atoms with E-state index in [0.29, 0.717) is 6.42 Å². The average molecular weight is 200 g/mol. The molecule has 0 fully saturated rings. The molecule has 0 unspecified atom stereocenters. The highest BCUT2D eigenvalue weighted by Gasteiger charge is 1.98. The fraction of sp³-hybridized carbons (Fsp3) is 0.909. The maximum atomic E-state index is 11.0. The summed E-state index contributed by atoms with van der Waals surface area (Å²) in [6.45, 7) is 2.48. The number of unbranched alkanes of at least 4 members (excludes halogenated alkanes) is 6. The van der Waals surface area contributed by atoms with E-state index in [2.05, 4.69) is 12.2 Å². The first-order valence-corrected chi connectivity index (χ1v) is 5.78. The Morgan fingerprint density at radius 3 is 2.21 bits per heavy atom. The van der Waals surface area contributed by atoms with Crippen LogP contribution in [0.5, 0.6) is 0 Å². The Kier molecular flexibility index (Phi) is 10.1. The highest BCUT2D eigenvalue weighted by atomic mass is 16.1. The van der Waals surface area contributed by atoms with Gasteiger partial charge >= 0.3 is 0 Å². The predicted molar refractivity (Wildman–Crippen MR) is 59.8 cm³/mol. The maximum absolute atomic E-state index is 11.0. The van der Waals surface area contributed by atoms with Crippen molar-refractivity contribution in [3.63, 3.8) is 0 Å². The van der Waals surface area contributed by atoms with Crippen LogP contribution in [0.3, 0.4) is 0 Å². The van der Waals surface area contributed by atoms with Crippen LogP contribution in [-0.4, -0.2) is 12.6 Å². The van der Waals surface area contributed by atoms with Gasteiger partial charge in [-0.2, -0.15) is 0 Å². The molecule has 14 heavy (non-hydrogen) atoms. The van der Waals surface area contributed by atoms with Crippen LogP contribution in [0.1, 0.15) is 58.3 Å². The molecule has 3 N–H and O–H groups in total. The summed E-state index contributed by atoms with van der Waals surface area (Å²) in [5, 5.41) is 2.60. The first-order valence-electron chi connectivity index (χ1n) is 5.78. The minimum absolute atomic E-state index is 0.0843. The summed E-state index contributed by atoms with van der Waals surface area (Å²) in [6, 6.07) is 0. The van der Waals surface area contributed by atoms with Crippen molar-refractivity contribution >= 4 is 5.91 Å². The second-order valence-corrected chi connectivity index (χ2v) is 3.68. The summed E-state index contributed by atoms with van der Waals surface area (Å²) >= 11 is 0. The Labute approximate surface area is 87.4 Å². The second kappa shape index (κ2) is 10.5. The lowest BCUT2D eigenvalue weighted by Gasteiger charge is -2.02. The first kappa shape index (κ1) is 13.4. The van der Waals surface area contributed by atoms with Gasteiger partial charge in [-0.05, 0) is 6.42 Å². The molecule has 0 spiro atoms. The fourth-order valence-corrected chi connectivity index (χ4v) is 1.44. The molecule has 0 bridgehead atoms. The molecule has 3 heteroatoms. The smallest absolute Gasteiger partial charge is 0.220 e. The van der Waals surface area contributed by atoms with Gasteiger partial charge in [0.2, 0.25) is 5.91 Å². The van der Waals surface area contributed by atoms with E-state index in [9.17, 15) is 4.79 Å². The molecule has 0 saturated heterocycles. The number of carbonyl (C=O) groups is 1. The third-order valence-corrected chi connectivity index (χ3v) is 2.31. The lowest BCUT2D eigenvalue weighted by atomic mass is 10.1. The minimum Gasteiger partial charge on any atom is -0.344 e. The molecule has 0 aromatic carbocycles. The summed E-state index contributed by atoms with van der Waals surface area (Å²) < 4.78 is 0. The number of amides is 1. The number of rotatable bonds is 9. The number of nitrogens with one attached hydrogen (secondary N) is 1. The zero-order valence-corrected chi connectivity index (χ0v) is 9.35. The third kappa shape index (κ3) is 9.52. The average Bonchev–Trinajstić information content (AvgIpc) is 2.17. The molecule has 0 aromatic heterocycles. The second-order valence-electron chi connectivity index (χ2n) is 3.68. The highest BCUT2D eigenvalue weighted by molar-refractivity contribution is 5.75. The molecule has 1 amide bonds. The van der Waals surface area contributed by atoms with Crippen molar-refractivity contribution < 1.29 is 4.79 Å². The standard InChI is InChI=1S/C11H24N2O/c1-2-3-4-5-6-7-8-9-11(14)13-10-12/h2-10,12H2,1H3,(H,13,14). The number of carbonyl (C=O) groups excluding carboxylic acids is 1. The molecule has 0 rings (SSSR count). The lowest BCUT2D eigenvalue weighted by Crippen LogP contribution is -2.28. The van der Waals surface area contributed by atoms with Crippen molar-refractivity contribution in [3.8, 4) is 0 Å². The van der Waals surface area contributed by atoms with Crippen LogP contribution in [0.2, 0.25) is 0 Å². The van der Waals surface area contributed by atoms with Crippen molar-refractivity contribution in [2.75, 3.05) is 6.67 Å². The molecular formula is C11H24N2O. The molecule has 0 aliphatic rings. The molecule has 3 nitrogen and oxygen atoms in total. The van der Waals surface area contributed by atoms with Crippen LogP contribution in [-0.2, 0) is 4.79 Å². The van der Waals surface area contributed by atoms with Gasteiger partial charge < -0.3 is 11.1 Å². The predicted octanol–water partition coefficient (Wildman–Crippen LogP) is 2.16. The fourth-order valence-electron chi connectivity index (χ4n) is 1.44. The van der Waals surface area contributed by atoms with Crippen LogP contribution >= 0.6 is 0 Å². The quantitative estimate of drug-likeness (QED) is 0.442. The highest BCUT2D eigenvalue weighted by Crippen LogP contribution is 2.07. The summed E-state index contributed by atoms with van der Waals surface area (Å²) in [5.74, 6) is 0.0843. The zero-order chi connectivity index (χ0) is 10.6. The Balaban J connectivity index is 3.01. The van der Waals surface area contributed by atoms with E-state index in [4.69, 9.17) is 5.73 Å².